The lowest BCUT2D eigenvalue weighted by Crippen LogP contribution is -2.47. The van der Waals surface area contributed by atoms with Gasteiger partial charge in [-0.15, -0.1) is 0 Å². The number of nitrogens with zero attached hydrogens (tertiary/aromatic N) is 2. The maximum atomic E-state index is 11.0. The van der Waals surface area contributed by atoms with Crippen molar-refractivity contribution in [3.05, 3.63) is 71.8 Å². The molecule has 0 atom stereocenters. The Morgan fingerprint density at radius 1 is 0.724 bits per heavy atom. The number of ketones is 1. The van der Waals surface area contributed by atoms with Crippen molar-refractivity contribution in [1.82, 2.24) is 5.32 Å². The first-order valence-electron chi connectivity index (χ1n) is 9.95. The fourth-order valence-corrected chi connectivity index (χ4v) is 3.20. The number of hydrogen-bond acceptors (Lipinski definition) is 2. The molecule has 2 rings (SSSR count). The summed E-state index contributed by atoms with van der Waals surface area (Å²) in [6, 6.07) is 20.6. The molecule has 0 unspecified atom stereocenters. The summed E-state index contributed by atoms with van der Waals surface area (Å²) < 4.78 is 1.48. The monoisotopic (exact) mass is 399 g/mol. The Morgan fingerprint density at radius 2 is 1.14 bits per heavy atom. The zero-order valence-electron chi connectivity index (χ0n) is 18.8. The second-order valence-electron chi connectivity index (χ2n) is 8.91. The van der Waals surface area contributed by atoms with E-state index in [0.717, 1.165) is 22.1 Å². The number of benzene rings is 2. The summed E-state index contributed by atoms with van der Waals surface area (Å²) in [6.07, 6.45) is 0. The normalized spacial score (nSPS) is 11.2. The molecule has 158 valence electrons. The van der Waals surface area contributed by atoms with Gasteiger partial charge in [0.2, 0.25) is 5.91 Å². The lowest BCUT2D eigenvalue weighted by Gasteiger charge is -2.29. The molecular weight excluding hydrogens is 362 g/mol. The molecule has 2 aromatic carbocycles. The fraction of sp³-hybridized carbons (Fsp3) is 0.417. The third kappa shape index (κ3) is 11.8. The van der Waals surface area contributed by atoms with Crippen LogP contribution in [0.15, 0.2) is 60.7 Å². The largest absolute Gasteiger partial charge is 0.319 e. The van der Waals surface area contributed by atoms with Crippen molar-refractivity contribution in [2.75, 3.05) is 41.4 Å². The highest BCUT2D eigenvalue weighted by atomic mass is 16.1. The van der Waals surface area contributed by atoms with Crippen LogP contribution in [0.3, 0.4) is 0 Å². The SMILES string of the molecule is CC(=O)C[N+](C)(C)Cc1ccccc1.CC(=O)NC[N+](C)(C)Cc1ccccc1. The number of nitrogens with one attached hydrogen (secondary N) is 1. The molecule has 0 aliphatic carbocycles. The van der Waals surface area contributed by atoms with Crippen LogP contribution in [-0.2, 0) is 22.7 Å². The van der Waals surface area contributed by atoms with E-state index in [1.807, 2.05) is 36.4 Å². The van der Waals surface area contributed by atoms with Gasteiger partial charge in [0.05, 0.1) is 28.2 Å². The topological polar surface area (TPSA) is 46.2 Å². The molecule has 0 aliphatic rings. The Hall–Kier alpha value is -2.50. The van der Waals surface area contributed by atoms with Gasteiger partial charge in [-0.2, -0.15) is 0 Å². The van der Waals surface area contributed by atoms with E-state index < -0.39 is 0 Å². The van der Waals surface area contributed by atoms with E-state index >= 15 is 0 Å². The second kappa shape index (κ2) is 11.5. The van der Waals surface area contributed by atoms with Gasteiger partial charge in [-0.05, 0) is 0 Å². The van der Waals surface area contributed by atoms with E-state index in [0.29, 0.717) is 13.2 Å². The van der Waals surface area contributed by atoms with E-state index in [-0.39, 0.29) is 11.7 Å². The van der Waals surface area contributed by atoms with Crippen LogP contribution in [0.4, 0.5) is 0 Å². The van der Waals surface area contributed by atoms with Crippen LogP contribution in [0.5, 0.6) is 0 Å². The molecular formula is C24H37N3O2+2. The van der Waals surface area contributed by atoms with Gasteiger partial charge in [-0.1, -0.05) is 60.7 Å². The van der Waals surface area contributed by atoms with E-state index in [2.05, 4.69) is 57.8 Å². The summed E-state index contributed by atoms with van der Waals surface area (Å²) >= 11 is 0. The molecule has 1 N–H and O–H groups in total. The molecule has 0 spiro atoms. The van der Waals surface area contributed by atoms with Gasteiger partial charge in [0.1, 0.15) is 19.6 Å². The van der Waals surface area contributed by atoms with Crippen LogP contribution in [0.2, 0.25) is 0 Å². The number of Topliss-reactive ketones (excluding diaryl/α,β-unsaturated/α-hetero) is 1. The maximum Gasteiger partial charge on any atom is 0.221 e. The van der Waals surface area contributed by atoms with Crippen molar-refractivity contribution < 1.29 is 18.6 Å². The third-order valence-electron chi connectivity index (χ3n) is 4.31. The van der Waals surface area contributed by atoms with Crippen LogP contribution in [0.25, 0.3) is 0 Å². The summed E-state index contributed by atoms with van der Waals surface area (Å²) in [5, 5.41) is 2.84. The lowest BCUT2D eigenvalue weighted by atomic mass is 10.2. The van der Waals surface area contributed by atoms with Gasteiger partial charge in [-0.3, -0.25) is 9.59 Å². The molecule has 0 radical (unpaired) electrons. The molecule has 0 fully saturated rings. The summed E-state index contributed by atoms with van der Waals surface area (Å²) in [7, 11) is 8.36. The number of rotatable bonds is 8. The Morgan fingerprint density at radius 3 is 1.52 bits per heavy atom. The van der Waals surface area contributed by atoms with E-state index in [1.165, 1.54) is 11.1 Å². The predicted octanol–water partition coefficient (Wildman–Crippen LogP) is 3.21. The standard InChI is InChI=1S/C12H18N2O.C12H18NO/c1-11(15)13-10-14(2,3)9-12-7-5-4-6-8-12;1-11(14)9-13(2,3)10-12-7-5-4-6-8-12/h4-8H,9-10H2,1-3H3;4-8H,9-10H2,1-3H3/q;+1/p+1. The van der Waals surface area contributed by atoms with Crippen molar-refractivity contribution in [3.63, 3.8) is 0 Å². The first kappa shape index (κ1) is 24.5. The third-order valence-corrected chi connectivity index (χ3v) is 4.31. The lowest BCUT2D eigenvalue weighted by molar-refractivity contribution is -0.905. The number of carbonyl (C=O) groups is 2. The zero-order chi connectivity index (χ0) is 21.9. The molecule has 1 amide bonds. The van der Waals surface area contributed by atoms with E-state index in [9.17, 15) is 9.59 Å². The highest BCUT2D eigenvalue weighted by Gasteiger charge is 2.17. The molecule has 0 aromatic heterocycles. The summed E-state index contributed by atoms with van der Waals surface area (Å²) in [5.74, 6) is 0.264. The summed E-state index contributed by atoms with van der Waals surface area (Å²) in [4.78, 5) is 21.9. The van der Waals surface area contributed by atoms with Crippen molar-refractivity contribution >= 4 is 11.7 Å². The first-order valence-corrected chi connectivity index (χ1v) is 9.95. The van der Waals surface area contributed by atoms with Crippen molar-refractivity contribution in [1.29, 1.82) is 0 Å². The molecule has 0 saturated heterocycles. The van der Waals surface area contributed by atoms with Gasteiger partial charge in [0.15, 0.2) is 12.5 Å². The Bertz CT molecular complexity index is 756. The average Bonchev–Trinajstić information content (AvgIpc) is 2.60. The van der Waals surface area contributed by atoms with Gasteiger partial charge in [0, 0.05) is 25.0 Å². The Kier molecular flexibility index (Phi) is 9.72. The predicted molar refractivity (Wildman–Crippen MR) is 119 cm³/mol. The maximum absolute atomic E-state index is 11.0. The molecule has 5 heteroatoms. The van der Waals surface area contributed by atoms with Crippen molar-refractivity contribution in [3.8, 4) is 0 Å². The number of hydrogen-bond donors (Lipinski definition) is 1. The number of amides is 1. The first-order chi connectivity index (χ1) is 13.5. The second-order valence-corrected chi connectivity index (χ2v) is 8.91. The van der Waals surface area contributed by atoms with Gasteiger partial charge >= 0.3 is 0 Å². The van der Waals surface area contributed by atoms with E-state index in [1.54, 1.807) is 13.8 Å². The van der Waals surface area contributed by atoms with Crippen molar-refractivity contribution in [2.45, 2.75) is 26.9 Å². The summed E-state index contributed by atoms with van der Waals surface area (Å²) in [6.45, 7) is 6.26. The molecule has 0 aliphatic heterocycles. The van der Waals surface area contributed by atoms with Crippen molar-refractivity contribution in [2.24, 2.45) is 0 Å². The minimum atomic E-state index is 0.0225. The van der Waals surface area contributed by atoms with E-state index in [4.69, 9.17) is 0 Å². The highest BCUT2D eigenvalue weighted by Crippen LogP contribution is 2.09. The Labute approximate surface area is 176 Å². The number of likely N-dealkylation sites (N-methyl/N-ethyl adjacent to an activating group) is 1. The Balaban J connectivity index is 0.000000291. The number of carbonyl (C=O) groups excluding carboxylic acids is 2. The molecule has 0 heterocycles. The van der Waals surface area contributed by atoms with Crippen LogP contribution in [0.1, 0.15) is 25.0 Å². The van der Waals surface area contributed by atoms with Gasteiger partial charge < -0.3 is 14.3 Å². The molecule has 0 saturated carbocycles. The highest BCUT2D eigenvalue weighted by molar-refractivity contribution is 5.76. The molecule has 2 aromatic rings. The molecule has 0 bridgehead atoms. The van der Waals surface area contributed by atoms with Gasteiger partial charge in [-0.25, -0.2) is 0 Å². The van der Waals surface area contributed by atoms with Crippen LogP contribution in [-0.4, -0.2) is 62.1 Å². The quantitative estimate of drug-likeness (QED) is 0.547. The number of quaternary nitrogens is 2. The van der Waals surface area contributed by atoms with Crippen LogP contribution < -0.4 is 5.32 Å². The smallest absolute Gasteiger partial charge is 0.221 e. The molecule has 5 nitrogen and oxygen atoms in total. The van der Waals surface area contributed by atoms with Crippen LogP contribution in [0, 0.1) is 0 Å². The fourth-order valence-electron chi connectivity index (χ4n) is 3.20. The zero-order valence-corrected chi connectivity index (χ0v) is 18.8. The summed E-state index contributed by atoms with van der Waals surface area (Å²) in [5.41, 5.74) is 2.56. The minimum Gasteiger partial charge on any atom is -0.319 e. The average molecular weight is 400 g/mol. The minimum absolute atomic E-state index is 0.0225. The van der Waals surface area contributed by atoms with Gasteiger partial charge in [0.25, 0.3) is 0 Å². The van der Waals surface area contributed by atoms with Crippen LogP contribution >= 0.6 is 0 Å². The molecule has 29 heavy (non-hydrogen) atoms.